The molecule has 1 aromatic heterocycles. The first-order valence-electron chi connectivity index (χ1n) is 8.83. The Morgan fingerprint density at radius 3 is 2.70 bits per heavy atom. The summed E-state index contributed by atoms with van der Waals surface area (Å²) in [5.74, 6) is -0.448. The van der Waals surface area contributed by atoms with Crippen molar-refractivity contribution in [1.82, 2.24) is 9.88 Å². The van der Waals surface area contributed by atoms with Gasteiger partial charge in [-0.2, -0.15) is 0 Å². The van der Waals surface area contributed by atoms with Crippen LogP contribution in [0.1, 0.15) is 31.2 Å². The largest absolute Gasteiger partial charge is 0.488 e. The number of hydrogen-bond donors (Lipinski definition) is 1. The Morgan fingerprint density at radius 2 is 2.04 bits per heavy atom. The molecular weight excluding hydrogens is 389 g/mol. The van der Waals surface area contributed by atoms with Gasteiger partial charge in [0.15, 0.2) is 5.13 Å². The molecule has 1 heterocycles. The van der Waals surface area contributed by atoms with Crippen molar-refractivity contribution >= 4 is 26.5 Å². The van der Waals surface area contributed by atoms with E-state index in [1.807, 2.05) is 14.1 Å². The number of sulfonamides is 1. The topological polar surface area (TPSA) is 71.5 Å². The first kappa shape index (κ1) is 20.0. The highest BCUT2D eigenvalue weighted by Gasteiger charge is 2.30. The van der Waals surface area contributed by atoms with Crippen LogP contribution in [0.2, 0.25) is 0 Å². The molecule has 0 bridgehead atoms. The first-order chi connectivity index (χ1) is 12.8. The van der Waals surface area contributed by atoms with Crippen molar-refractivity contribution in [2.75, 3.05) is 18.8 Å². The number of rotatable bonds is 6. The number of nitrogens with one attached hydrogen (secondary N) is 1. The molecule has 2 atom stereocenters. The monoisotopic (exact) mass is 413 g/mol. The molecule has 2 aromatic rings. The van der Waals surface area contributed by atoms with E-state index in [2.05, 4.69) is 14.6 Å². The van der Waals surface area contributed by atoms with Crippen molar-refractivity contribution in [2.24, 2.45) is 0 Å². The second-order valence-corrected chi connectivity index (χ2v) is 9.51. The summed E-state index contributed by atoms with van der Waals surface area (Å²) in [7, 11) is -0.0241. The van der Waals surface area contributed by atoms with Crippen LogP contribution < -0.4 is 9.46 Å². The van der Waals surface area contributed by atoms with Gasteiger partial charge in [0.2, 0.25) is 0 Å². The Bertz CT molecular complexity index is 886. The van der Waals surface area contributed by atoms with E-state index in [0.717, 1.165) is 37.0 Å². The molecule has 0 spiro atoms. The number of aryl methyl sites for hydroxylation is 1. The highest BCUT2D eigenvalue weighted by molar-refractivity contribution is 7.93. The van der Waals surface area contributed by atoms with Gasteiger partial charge in [0.25, 0.3) is 10.0 Å². The van der Waals surface area contributed by atoms with Crippen LogP contribution in [0.4, 0.5) is 9.52 Å². The quantitative estimate of drug-likeness (QED) is 0.783. The van der Waals surface area contributed by atoms with Crippen LogP contribution in [0, 0.1) is 12.7 Å². The summed E-state index contributed by atoms with van der Waals surface area (Å²) in [6, 6.07) is 2.75. The summed E-state index contributed by atoms with van der Waals surface area (Å²) in [6.45, 7) is 1.73. The Kier molecular flexibility index (Phi) is 6.02. The highest BCUT2D eigenvalue weighted by atomic mass is 32.2. The van der Waals surface area contributed by atoms with Crippen LogP contribution in [-0.2, 0) is 10.0 Å². The highest BCUT2D eigenvalue weighted by Crippen LogP contribution is 2.31. The molecule has 9 heteroatoms. The smallest absolute Gasteiger partial charge is 0.266 e. The van der Waals surface area contributed by atoms with E-state index in [1.165, 1.54) is 18.3 Å². The lowest BCUT2D eigenvalue weighted by Gasteiger charge is -2.36. The van der Waals surface area contributed by atoms with Gasteiger partial charge < -0.3 is 9.64 Å². The third kappa shape index (κ3) is 4.59. The first-order valence-corrected chi connectivity index (χ1v) is 11.2. The van der Waals surface area contributed by atoms with Gasteiger partial charge in [-0.15, -0.1) is 11.3 Å². The zero-order valence-electron chi connectivity index (χ0n) is 15.6. The SMILES string of the molecule is Cc1cc(S(=O)(=O)Nc2nccs2)c(F)cc1O[C@H]1CCCC[C@@H]1N(C)C. The number of anilines is 1. The van der Waals surface area contributed by atoms with E-state index in [9.17, 15) is 12.8 Å². The van der Waals surface area contributed by atoms with Crippen LogP contribution in [0.3, 0.4) is 0 Å². The van der Waals surface area contributed by atoms with Gasteiger partial charge in [-0.05, 0) is 51.9 Å². The lowest BCUT2D eigenvalue weighted by molar-refractivity contribution is 0.0614. The van der Waals surface area contributed by atoms with Crippen molar-refractivity contribution in [3.63, 3.8) is 0 Å². The molecule has 1 aromatic carbocycles. The molecule has 0 radical (unpaired) electrons. The molecule has 0 amide bonds. The number of nitrogens with zero attached hydrogens (tertiary/aromatic N) is 2. The number of halogens is 1. The minimum Gasteiger partial charge on any atom is -0.488 e. The van der Waals surface area contributed by atoms with E-state index in [1.54, 1.807) is 12.3 Å². The Labute approximate surface area is 163 Å². The Balaban J connectivity index is 1.84. The Hall–Kier alpha value is -1.71. The third-order valence-electron chi connectivity index (χ3n) is 4.78. The zero-order valence-corrected chi connectivity index (χ0v) is 17.2. The van der Waals surface area contributed by atoms with E-state index >= 15 is 0 Å². The number of hydrogen-bond acceptors (Lipinski definition) is 6. The van der Waals surface area contributed by atoms with Gasteiger partial charge in [0.1, 0.15) is 22.6 Å². The van der Waals surface area contributed by atoms with Gasteiger partial charge in [0, 0.05) is 23.7 Å². The average Bonchev–Trinajstić information content (AvgIpc) is 3.10. The van der Waals surface area contributed by atoms with Crippen molar-refractivity contribution in [3.8, 4) is 5.75 Å². The summed E-state index contributed by atoms with van der Waals surface area (Å²) in [5, 5.41) is 1.84. The van der Waals surface area contributed by atoms with Crippen LogP contribution in [0.25, 0.3) is 0 Å². The molecular formula is C18H24FN3O3S2. The Morgan fingerprint density at radius 1 is 1.30 bits per heavy atom. The van der Waals surface area contributed by atoms with Crippen molar-refractivity contribution < 1.29 is 17.5 Å². The van der Waals surface area contributed by atoms with E-state index in [4.69, 9.17) is 4.74 Å². The molecule has 1 fully saturated rings. The molecule has 3 rings (SSSR count). The molecule has 1 saturated carbocycles. The van der Waals surface area contributed by atoms with Crippen LogP contribution in [0.15, 0.2) is 28.6 Å². The molecule has 148 valence electrons. The van der Waals surface area contributed by atoms with E-state index in [0.29, 0.717) is 11.3 Å². The minimum atomic E-state index is -4.05. The molecule has 0 saturated heterocycles. The van der Waals surface area contributed by atoms with Gasteiger partial charge >= 0.3 is 0 Å². The van der Waals surface area contributed by atoms with Crippen LogP contribution >= 0.6 is 11.3 Å². The fourth-order valence-electron chi connectivity index (χ4n) is 3.38. The number of benzene rings is 1. The number of aromatic nitrogens is 1. The molecule has 1 N–H and O–H groups in total. The molecule has 0 aliphatic heterocycles. The number of ether oxygens (including phenoxy) is 1. The number of likely N-dealkylation sites (N-methyl/N-ethyl adjacent to an activating group) is 1. The zero-order chi connectivity index (χ0) is 19.6. The maximum absolute atomic E-state index is 14.6. The predicted molar refractivity (Wildman–Crippen MR) is 104 cm³/mol. The summed E-state index contributed by atoms with van der Waals surface area (Å²) in [4.78, 5) is 5.60. The standard InChI is InChI=1S/C18H24FN3O3S2/c1-12-10-17(27(23,24)21-18-20-8-9-26-18)13(19)11-16(12)25-15-7-5-4-6-14(15)22(2)3/h8-11,14-15H,4-7H2,1-3H3,(H,20,21)/t14-,15-/m0/s1. The molecule has 1 aliphatic carbocycles. The molecule has 0 unspecified atom stereocenters. The van der Waals surface area contributed by atoms with Crippen molar-refractivity contribution in [1.29, 1.82) is 0 Å². The molecule has 6 nitrogen and oxygen atoms in total. The molecule has 27 heavy (non-hydrogen) atoms. The summed E-state index contributed by atoms with van der Waals surface area (Å²) in [6.07, 6.45) is 5.59. The average molecular weight is 414 g/mol. The van der Waals surface area contributed by atoms with Gasteiger partial charge in [-0.25, -0.2) is 17.8 Å². The maximum Gasteiger partial charge on any atom is 0.266 e. The van der Waals surface area contributed by atoms with Crippen molar-refractivity contribution in [3.05, 3.63) is 35.1 Å². The van der Waals surface area contributed by atoms with Crippen LogP contribution in [0.5, 0.6) is 5.75 Å². The normalized spacial score (nSPS) is 20.6. The maximum atomic E-state index is 14.6. The predicted octanol–water partition coefficient (Wildman–Crippen LogP) is 3.64. The second-order valence-electron chi connectivity index (χ2n) is 6.96. The minimum absolute atomic E-state index is 0.0391. The van der Waals surface area contributed by atoms with Crippen molar-refractivity contribution in [2.45, 2.75) is 49.6 Å². The van der Waals surface area contributed by atoms with E-state index < -0.39 is 20.7 Å². The van der Waals surface area contributed by atoms with Gasteiger partial charge in [0.05, 0.1) is 0 Å². The van der Waals surface area contributed by atoms with Crippen LogP contribution in [-0.4, -0.2) is 44.5 Å². The summed E-state index contributed by atoms with van der Waals surface area (Å²) in [5.41, 5.74) is 0.582. The van der Waals surface area contributed by atoms with Gasteiger partial charge in [-0.3, -0.25) is 4.72 Å². The fourth-order valence-corrected chi connectivity index (χ4v) is 5.32. The molecule has 1 aliphatic rings. The fraction of sp³-hybridized carbons (Fsp3) is 0.500. The summed E-state index contributed by atoms with van der Waals surface area (Å²) >= 11 is 1.13. The van der Waals surface area contributed by atoms with E-state index in [-0.39, 0.29) is 17.3 Å². The second kappa shape index (κ2) is 8.12. The number of thiazole rings is 1. The lowest BCUT2D eigenvalue weighted by atomic mass is 9.91. The summed E-state index contributed by atoms with van der Waals surface area (Å²) < 4.78 is 48.0. The van der Waals surface area contributed by atoms with Gasteiger partial charge in [-0.1, -0.05) is 6.42 Å². The third-order valence-corrected chi connectivity index (χ3v) is 6.95. The lowest BCUT2D eigenvalue weighted by Crippen LogP contribution is -2.44.